The highest BCUT2D eigenvalue weighted by atomic mass is 35.5. The van der Waals surface area contributed by atoms with E-state index in [1.54, 1.807) is 0 Å². The minimum absolute atomic E-state index is 0.0467. The molecule has 0 aliphatic carbocycles. The van der Waals surface area contributed by atoms with Crippen molar-refractivity contribution in [2.75, 3.05) is 7.11 Å². The number of ether oxygens (including phenoxy) is 1. The van der Waals surface area contributed by atoms with E-state index in [0.717, 1.165) is 6.07 Å². The molecule has 0 radical (unpaired) electrons. The van der Waals surface area contributed by atoms with Crippen molar-refractivity contribution in [1.29, 1.82) is 0 Å². The van der Waals surface area contributed by atoms with Crippen molar-refractivity contribution in [2.45, 2.75) is 6.18 Å². The van der Waals surface area contributed by atoms with Crippen LogP contribution in [0.1, 0.15) is 5.82 Å². The van der Waals surface area contributed by atoms with Gasteiger partial charge in [-0.1, -0.05) is 11.6 Å². The first-order valence-electron chi connectivity index (χ1n) is 4.89. The Hall–Kier alpha value is -1.96. The molecular formula is C10H6ClF3N4O. The Balaban J connectivity index is 2.60. The lowest BCUT2D eigenvalue weighted by molar-refractivity contribution is -0.144. The van der Waals surface area contributed by atoms with E-state index in [-0.39, 0.29) is 22.4 Å². The standard InChI is InChI=1S/C10H6ClF3N4O/c1-19-8-7(15-2-3-16-8)5-4-6(11)18-9(17-5)10(12,13)14/h2-4H,1H3. The van der Waals surface area contributed by atoms with Crippen LogP contribution in [0.15, 0.2) is 18.5 Å². The lowest BCUT2D eigenvalue weighted by Crippen LogP contribution is -2.12. The summed E-state index contributed by atoms with van der Waals surface area (Å²) in [5, 5.41) is -0.343. The van der Waals surface area contributed by atoms with Gasteiger partial charge in [0.1, 0.15) is 5.15 Å². The number of hydrogen-bond acceptors (Lipinski definition) is 5. The molecule has 0 saturated heterocycles. The minimum atomic E-state index is -4.70. The molecule has 2 aromatic heterocycles. The molecule has 9 heteroatoms. The van der Waals surface area contributed by atoms with Crippen LogP contribution in [0.4, 0.5) is 13.2 Å². The third-order valence-electron chi connectivity index (χ3n) is 2.05. The van der Waals surface area contributed by atoms with Crippen LogP contribution in [0.5, 0.6) is 5.88 Å². The summed E-state index contributed by atoms with van der Waals surface area (Å²) in [5.41, 5.74) is -0.0583. The Kier molecular flexibility index (Phi) is 3.52. The number of halogens is 4. The van der Waals surface area contributed by atoms with Gasteiger partial charge < -0.3 is 4.74 Å². The third-order valence-corrected chi connectivity index (χ3v) is 2.24. The molecule has 0 unspecified atom stereocenters. The molecule has 5 nitrogen and oxygen atoms in total. The fraction of sp³-hybridized carbons (Fsp3) is 0.200. The number of hydrogen-bond donors (Lipinski definition) is 0. The fourth-order valence-electron chi connectivity index (χ4n) is 1.32. The van der Waals surface area contributed by atoms with E-state index < -0.39 is 12.0 Å². The van der Waals surface area contributed by atoms with Gasteiger partial charge in [0.15, 0.2) is 5.69 Å². The van der Waals surface area contributed by atoms with E-state index in [0.29, 0.717) is 0 Å². The van der Waals surface area contributed by atoms with Crippen LogP contribution in [0, 0.1) is 0 Å². The van der Waals surface area contributed by atoms with E-state index in [1.165, 1.54) is 19.5 Å². The van der Waals surface area contributed by atoms with Gasteiger partial charge in [-0.25, -0.2) is 19.9 Å². The molecule has 0 N–H and O–H groups in total. The lowest BCUT2D eigenvalue weighted by Gasteiger charge is -2.09. The lowest BCUT2D eigenvalue weighted by atomic mass is 10.3. The molecule has 0 aromatic carbocycles. The summed E-state index contributed by atoms with van der Waals surface area (Å²) >= 11 is 5.56. The number of nitrogens with zero attached hydrogens (tertiary/aromatic N) is 4. The summed E-state index contributed by atoms with van der Waals surface area (Å²) in [6, 6.07) is 1.16. The Bertz CT molecular complexity index is 606. The predicted octanol–water partition coefficient (Wildman–Crippen LogP) is 2.61. The zero-order valence-corrected chi connectivity index (χ0v) is 10.2. The second-order valence-electron chi connectivity index (χ2n) is 3.31. The molecule has 2 rings (SSSR count). The van der Waals surface area contributed by atoms with Crippen molar-refractivity contribution in [3.63, 3.8) is 0 Å². The molecule has 0 aliphatic rings. The van der Waals surface area contributed by atoms with E-state index >= 15 is 0 Å². The molecule has 0 atom stereocenters. The Morgan fingerprint density at radius 2 is 1.84 bits per heavy atom. The van der Waals surface area contributed by atoms with Crippen LogP contribution in [-0.2, 0) is 6.18 Å². The van der Waals surface area contributed by atoms with E-state index in [1.807, 2.05) is 0 Å². The molecule has 0 bridgehead atoms. The Morgan fingerprint density at radius 3 is 2.47 bits per heavy atom. The molecule has 0 aliphatic heterocycles. The summed E-state index contributed by atoms with van der Waals surface area (Å²) < 4.78 is 42.7. The quantitative estimate of drug-likeness (QED) is 0.796. The summed E-state index contributed by atoms with van der Waals surface area (Å²) in [5.74, 6) is -1.30. The Morgan fingerprint density at radius 1 is 1.16 bits per heavy atom. The maximum absolute atomic E-state index is 12.6. The zero-order valence-electron chi connectivity index (χ0n) is 9.44. The summed E-state index contributed by atoms with van der Waals surface area (Å²) in [7, 11) is 1.32. The van der Waals surface area contributed by atoms with Crippen molar-refractivity contribution < 1.29 is 17.9 Å². The first-order chi connectivity index (χ1) is 8.91. The van der Waals surface area contributed by atoms with Crippen LogP contribution in [0.25, 0.3) is 11.4 Å². The van der Waals surface area contributed by atoms with E-state index in [4.69, 9.17) is 16.3 Å². The molecular weight excluding hydrogens is 285 g/mol. The van der Waals surface area contributed by atoms with Crippen molar-refractivity contribution in [1.82, 2.24) is 19.9 Å². The molecule has 0 amide bonds. The van der Waals surface area contributed by atoms with Crippen LogP contribution in [0.3, 0.4) is 0 Å². The van der Waals surface area contributed by atoms with E-state index in [9.17, 15) is 13.2 Å². The fourth-order valence-corrected chi connectivity index (χ4v) is 1.50. The number of rotatable bonds is 2. The van der Waals surface area contributed by atoms with Crippen molar-refractivity contribution in [3.8, 4) is 17.3 Å². The van der Waals surface area contributed by atoms with Gasteiger partial charge in [0.05, 0.1) is 12.8 Å². The van der Waals surface area contributed by atoms with Gasteiger partial charge in [-0.05, 0) is 0 Å². The third kappa shape index (κ3) is 2.90. The van der Waals surface area contributed by atoms with Crippen molar-refractivity contribution in [3.05, 3.63) is 29.4 Å². The molecule has 2 aromatic rings. The summed E-state index contributed by atoms with van der Waals surface area (Å²) in [6.45, 7) is 0. The highest BCUT2D eigenvalue weighted by Gasteiger charge is 2.35. The smallest absolute Gasteiger partial charge is 0.451 e. The molecule has 0 fully saturated rings. The average molecular weight is 291 g/mol. The van der Waals surface area contributed by atoms with E-state index in [2.05, 4.69) is 19.9 Å². The number of methoxy groups -OCH3 is 1. The Labute approximate surface area is 110 Å². The highest BCUT2D eigenvalue weighted by molar-refractivity contribution is 6.29. The molecule has 100 valence electrons. The van der Waals surface area contributed by atoms with Gasteiger partial charge in [0.25, 0.3) is 0 Å². The van der Waals surface area contributed by atoms with Crippen molar-refractivity contribution >= 4 is 11.6 Å². The number of alkyl halides is 3. The summed E-state index contributed by atoms with van der Waals surface area (Å²) in [4.78, 5) is 14.2. The summed E-state index contributed by atoms with van der Waals surface area (Å²) in [6.07, 6.45) is -2.05. The predicted molar refractivity (Wildman–Crippen MR) is 59.6 cm³/mol. The van der Waals surface area contributed by atoms with Crippen LogP contribution < -0.4 is 4.74 Å². The second kappa shape index (κ2) is 4.96. The van der Waals surface area contributed by atoms with Gasteiger partial charge in [-0.2, -0.15) is 13.2 Å². The van der Waals surface area contributed by atoms with Crippen LogP contribution in [-0.4, -0.2) is 27.0 Å². The van der Waals surface area contributed by atoms with Gasteiger partial charge >= 0.3 is 6.18 Å². The maximum atomic E-state index is 12.6. The van der Waals surface area contributed by atoms with Crippen LogP contribution in [0.2, 0.25) is 5.15 Å². The molecule has 2 heterocycles. The SMILES string of the molecule is COc1nccnc1-c1cc(Cl)nc(C(F)(F)F)n1. The van der Waals surface area contributed by atoms with Gasteiger partial charge in [-0.3, -0.25) is 0 Å². The first kappa shape index (κ1) is 13.5. The molecule has 19 heavy (non-hydrogen) atoms. The van der Waals surface area contributed by atoms with Gasteiger partial charge in [0.2, 0.25) is 11.7 Å². The van der Waals surface area contributed by atoms with Gasteiger partial charge in [-0.15, -0.1) is 0 Å². The largest absolute Gasteiger partial charge is 0.479 e. The van der Waals surface area contributed by atoms with Gasteiger partial charge in [0, 0.05) is 18.5 Å². The maximum Gasteiger partial charge on any atom is 0.451 e. The minimum Gasteiger partial charge on any atom is -0.479 e. The zero-order chi connectivity index (χ0) is 14.0. The normalized spacial score (nSPS) is 11.4. The topological polar surface area (TPSA) is 60.8 Å². The second-order valence-corrected chi connectivity index (χ2v) is 3.70. The average Bonchev–Trinajstić information content (AvgIpc) is 2.37. The monoisotopic (exact) mass is 290 g/mol. The molecule has 0 spiro atoms. The molecule has 0 saturated carbocycles. The van der Waals surface area contributed by atoms with Crippen LogP contribution >= 0.6 is 11.6 Å². The van der Waals surface area contributed by atoms with Crippen molar-refractivity contribution in [2.24, 2.45) is 0 Å². The first-order valence-corrected chi connectivity index (χ1v) is 5.26. The highest BCUT2D eigenvalue weighted by Crippen LogP contribution is 2.31. The number of aromatic nitrogens is 4.